The maximum atomic E-state index is 15.5. The van der Waals surface area contributed by atoms with Crippen LogP contribution in [0, 0.1) is 5.41 Å². The molecule has 1 saturated carbocycles. The molecule has 2 aromatic rings. The number of ether oxygens (including phenoxy) is 4. The van der Waals surface area contributed by atoms with Gasteiger partial charge in [-0.1, -0.05) is 94.1 Å². The third-order valence-corrected chi connectivity index (χ3v) is 11.9. The van der Waals surface area contributed by atoms with Crippen molar-refractivity contribution in [2.24, 2.45) is 5.41 Å². The number of nitrogens with zero attached hydrogens (tertiary/aromatic N) is 2. The Morgan fingerprint density at radius 2 is 1.67 bits per heavy atom. The molecule has 7 atom stereocenters. The standard InChI is InChI=1S/C44H56F3N3O10/c1-4-6-13-21-42(22-14-7-5-2)58-35-33-26-43(41(55)49(3)32(39(53)48-23-24-51)25-29-15-9-8-10-16-29)37(40(54)57-33)50(60-38(43)36(35)59-42)27-31-18-12-11-17-30(31)19-20-34(52)56-28-44(45,46)47/h8-12,15-20,32-33,35-38,51H,4-7,13-14,21-28H2,1-3H3,(H,48,53)/t32-,33?,35+,36+,37+,38-,43?/m1/s1. The van der Waals surface area contributed by atoms with Crippen LogP contribution in [0.15, 0.2) is 60.7 Å². The molecule has 0 aromatic heterocycles. The summed E-state index contributed by atoms with van der Waals surface area (Å²) in [5, 5.41) is 13.7. The van der Waals surface area contributed by atoms with Gasteiger partial charge in [0.2, 0.25) is 11.8 Å². The number of unbranched alkanes of at least 4 members (excludes halogenated alkanes) is 4. The molecule has 0 spiro atoms. The van der Waals surface area contributed by atoms with E-state index in [1.165, 1.54) is 23.1 Å². The van der Waals surface area contributed by atoms with E-state index in [0.29, 0.717) is 24.0 Å². The van der Waals surface area contributed by atoms with E-state index in [-0.39, 0.29) is 32.5 Å². The molecule has 2 amide bonds. The number of likely N-dealkylation sites (N-methyl/N-ethyl adjacent to an activating group) is 1. The van der Waals surface area contributed by atoms with E-state index in [1.807, 2.05) is 30.3 Å². The molecule has 3 aliphatic heterocycles. The number of nitrogens with one attached hydrogen (secondary N) is 1. The summed E-state index contributed by atoms with van der Waals surface area (Å²) in [7, 11) is 1.53. The Morgan fingerprint density at radius 3 is 2.33 bits per heavy atom. The van der Waals surface area contributed by atoms with E-state index in [0.717, 1.165) is 50.2 Å². The number of hydrogen-bond acceptors (Lipinski definition) is 11. The molecule has 60 heavy (non-hydrogen) atoms. The number of carbonyl (C=O) groups excluding carboxylic acids is 4. The number of esters is 2. The van der Waals surface area contributed by atoms with E-state index in [2.05, 4.69) is 23.9 Å². The van der Waals surface area contributed by atoms with Crippen molar-refractivity contribution in [1.82, 2.24) is 15.3 Å². The van der Waals surface area contributed by atoms with Crippen molar-refractivity contribution in [1.29, 1.82) is 0 Å². The van der Waals surface area contributed by atoms with Crippen LogP contribution in [0.25, 0.3) is 6.08 Å². The average Bonchev–Trinajstić information content (AvgIpc) is 3.79. The van der Waals surface area contributed by atoms with Crippen molar-refractivity contribution in [2.75, 3.05) is 26.8 Å². The lowest BCUT2D eigenvalue weighted by molar-refractivity contribution is -0.225. The first-order valence-corrected chi connectivity index (χ1v) is 20.9. The van der Waals surface area contributed by atoms with Crippen LogP contribution < -0.4 is 5.32 Å². The van der Waals surface area contributed by atoms with Crippen LogP contribution in [-0.4, -0.2) is 114 Å². The molecule has 6 rings (SSSR count). The third kappa shape index (κ3) is 9.89. The van der Waals surface area contributed by atoms with Crippen LogP contribution in [0.4, 0.5) is 13.2 Å². The van der Waals surface area contributed by atoms with Gasteiger partial charge in [0, 0.05) is 45.4 Å². The van der Waals surface area contributed by atoms with Crippen LogP contribution in [0.1, 0.15) is 88.3 Å². The number of halogens is 3. The number of carbonyl (C=O) groups is 4. The van der Waals surface area contributed by atoms with Gasteiger partial charge in [0.05, 0.1) is 13.2 Å². The number of rotatable bonds is 20. The quantitative estimate of drug-likeness (QED) is 0.0999. The van der Waals surface area contributed by atoms with Crippen molar-refractivity contribution < 1.29 is 61.2 Å². The minimum Gasteiger partial charge on any atom is -0.458 e. The molecule has 4 aliphatic rings. The predicted molar refractivity (Wildman–Crippen MR) is 211 cm³/mol. The number of alkyl halides is 3. The fraction of sp³-hybridized carbons (Fsp3) is 0.591. The Bertz CT molecular complexity index is 1840. The van der Waals surface area contributed by atoms with E-state index in [1.54, 1.807) is 24.3 Å². The Morgan fingerprint density at radius 1 is 1.00 bits per heavy atom. The fourth-order valence-electron chi connectivity index (χ4n) is 9.05. The Labute approximate surface area is 348 Å². The maximum absolute atomic E-state index is 15.5. The second-order valence-electron chi connectivity index (χ2n) is 16.1. The first-order chi connectivity index (χ1) is 28.8. The highest BCUT2D eigenvalue weighted by Crippen LogP contribution is 2.58. The second kappa shape index (κ2) is 19.6. The number of amides is 2. The van der Waals surface area contributed by atoms with Crippen LogP contribution in [0.2, 0.25) is 0 Å². The summed E-state index contributed by atoms with van der Waals surface area (Å²) >= 11 is 0. The smallest absolute Gasteiger partial charge is 0.422 e. The van der Waals surface area contributed by atoms with Gasteiger partial charge in [-0.3, -0.25) is 19.2 Å². The van der Waals surface area contributed by atoms with Crippen LogP contribution in [0.3, 0.4) is 0 Å². The second-order valence-corrected chi connectivity index (χ2v) is 16.1. The van der Waals surface area contributed by atoms with Crippen molar-refractivity contribution in [2.45, 2.75) is 133 Å². The van der Waals surface area contributed by atoms with Gasteiger partial charge in [0.25, 0.3) is 0 Å². The van der Waals surface area contributed by atoms with Gasteiger partial charge in [0.15, 0.2) is 18.4 Å². The van der Waals surface area contributed by atoms with Gasteiger partial charge in [-0.2, -0.15) is 18.2 Å². The Balaban J connectivity index is 1.39. The summed E-state index contributed by atoms with van der Waals surface area (Å²) in [5.74, 6) is -3.95. The van der Waals surface area contributed by atoms with E-state index in [4.69, 9.17) is 19.0 Å². The zero-order valence-electron chi connectivity index (χ0n) is 34.4. The van der Waals surface area contributed by atoms with Gasteiger partial charge >= 0.3 is 18.1 Å². The highest BCUT2D eigenvalue weighted by molar-refractivity contribution is 5.96. The van der Waals surface area contributed by atoms with Crippen molar-refractivity contribution >= 4 is 29.8 Å². The first kappa shape index (κ1) is 45.2. The largest absolute Gasteiger partial charge is 0.458 e. The highest BCUT2D eigenvalue weighted by atomic mass is 19.4. The molecular weight excluding hydrogens is 787 g/mol. The molecule has 2 bridgehead atoms. The lowest BCUT2D eigenvalue weighted by Crippen LogP contribution is -2.70. The normalized spacial score (nSPS) is 26.1. The third-order valence-electron chi connectivity index (χ3n) is 11.9. The number of benzene rings is 2. The topological polar surface area (TPSA) is 153 Å². The van der Waals surface area contributed by atoms with Crippen LogP contribution in [0.5, 0.6) is 0 Å². The molecule has 2 aromatic carbocycles. The average molecular weight is 844 g/mol. The number of hydrogen-bond donors (Lipinski definition) is 2. The van der Waals surface area contributed by atoms with Gasteiger partial charge in [-0.05, 0) is 35.6 Å². The predicted octanol–water partition coefficient (Wildman–Crippen LogP) is 5.42. The molecular formula is C44H56F3N3O10. The van der Waals surface area contributed by atoms with Gasteiger partial charge in [-0.25, -0.2) is 4.79 Å². The fourth-order valence-corrected chi connectivity index (χ4v) is 9.05. The first-order valence-electron chi connectivity index (χ1n) is 20.9. The summed E-state index contributed by atoms with van der Waals surface area (Å²) in [6, 6.07) is 13.6. The molecule has 2 N–H and O–H groups in total. The number of aliphatic hydroxyl groups excluding tert-OH is 1. The van der Waals surface area contributed by atoms with E-state index in [9.17, 15) is 32.7 Å². The van der Waals surface area contributed by atoms with Crippen molar-refractivity contribution in [3.8, 4) is 0 Å². The number of hydroxylamine groups is 2. The van der Waals surface area contributed by atoms with Gasteiger partial charge in [-0.15, -0.1) is 0 Å². The van der Waals surface area contributed by atoms with Crippen molar-refractivity contribution in [3.63, 3.8) is 0 Å². The van der Waals surface area contributed by atoms with Gasteiger partial charge in [0.1, 0.15) is 35.9 Å². The molecule has 328 valence electrons. The SMILES string of the molecule is CCCCCC1(CCCCC)O[C@@H]2[C@H]3ON(Cc4ccccc4C=CC(=O)OCC(F)(F)F)[C@H]4C(=O)OC(CC34C(=O)N(C)[C@H](Cc3ccccc3)C(=O)NCCO)[C@@H]2O1. The van der Waals surface area contributed by atoms with Gasteiger partial charge < -0.3 is 34.3 Å². The van der Waals surface area contributed by atoms with E-state index < -0.39 is 84.2 Å². The lowest BCUT2D eigenvalue weighted by atomic mass is 9.62. The summed E-state index contributed by atoms with van der Waals surface area (Å²) in [5.41, 5.74) is 0.0984. The molecule has 1 aliphatic carbocycles. The summed E-state index contributed by atoms with van der Waals surface area (Å²) < 4.78 is 62.5. The molecule has 13 nitrogen and oxygen atoms in total. The molecule has 16 heteroatoms. The van der Waals surface area contributed by atoms with Crippen LogP contribution in [-0.2, 0) is 55.9 Å². The molecule has 4 fully saturated rings. The highest BCUT2D eigenvalue weighted by Gasteiger charge is 2.76. The minimum absolute atomic E-state index is 0.0151. The molecule has 3 heterocycles. The summed E-state index contributed by atoms with van der Waals surface area (Å²) in [6.07, 6.45) is 0.826. The summed E-state index contributed by atoms with van der Waals surface area (Å²) in [6.45, 7) is 2.03. The zero-order valence-corrected chi connectivity index (χ0v) is 34.4. The molecule has 0 radical (unpaired) electrons. The Kier molecular flexibility index (Phi) is 14.7. The summed E-state index contributed by atoms with van der Waals surface area (Å²) in [4.78, 5) is 64.2. The lowest BCUT2D eigenvalue weighted by Gasteiger charge is -2.50. The molecule has 3 saturated heterocycles. The minimum atomic E-state index is -4.69. The molecule has 2 unspecified atom stereocenters. The Hall–Kier alpha value is -4.35. The number of fused-ring (bicyclic) bond motifs is 4. The maximum Gasteiger partial charge on any atom is 0.422 e. The zero-order chi connectivity index (χ0) is 43.1. The monoisotopic (exact) mass is 843 g/mol. The number of aliphatic hydroxyl groups is 1. The van der Waals surface area contributed by atoms with Crippen molar-refractivity contribution in [3.05, 3.63) is 77.4 Å². The van der Waals surface area contributed by atoms with Crippen LogP contribution >= 0.6 is 0 Å². The van der Waals surface area contributed by atoms with E-state index >= 15 is 4.79 Å².